The molecule has 142 valence electrons. The lowest BCUT2D eigenvalue weighted by molar-refractivity contribution is -0.121. The van der Waals surface area contributed by atoms with Crippen LogP contribution in [-0.2, 0) is 29.9 Å². The first-order chi connectivity index (χ1) is 13.2. The second-order valence-electron chi connectivity index (χ2n) is 6.55. The van der Waals surface area contributed by atoms with Crippen LogP contribution >= 0.6 is 34.4 Å². The number of aromatic nitrogens is 2. The molecule has 0 saturated heterocycles. The number of aryl methyl sites for hydroxylation is 2. The van der Waals surface area contributed by atoms with Crippen molar-refractivity contribution in [3.8, 4) is 0 Å². The lowest BCUT2D eigenvalue weighted by Gasteiger charge is -2.10. The van der Waals surface area contributed by atoms with Crippen molar-refractivity contribution in [1.29, 1.82) is 0 Å². The van der Waals surface area contributed by atoms with E-state index < -0.39 is 0 Å². The number of thiophene rings is 2. The summed E-state index contributed by atoms with van der Waals surface area (Å²) in [4.78, 5) is 33.0. The van der Waals surface area contributed by atoms with Gasteiger partial charge in [-0.15, -0.1) is 22.7 Å². The third kappa shape index (κ3) is 4.28. The molecule has 3 aromatic heterocycles. The molecule has 8 heteroatoms. The van der Waals surface area contributed by atoms with Crippen molar-refractivity contribution < 1.29 is 4.79 Å². The fourth-order valence-electron chi connectivity index (χ4n) is 3.33. The molecule has 5 nitrogen and oxygen atoms in total. The van der Waals surface area contributed by atoms with Gasteiger partial charge in [0.2, 0.25) is 5.91 Å². The van der Waals surface area contributed by atoms with Gasteiger partial charge in [0, 0.05) is 27.8 Å². The highest BCUT2D eigenvalue weighted by atomic mass is 32.2. The van der Waals surface area contributed by atoms with E-state index in [2.05, 4.69) is 27.8 Å². The van der Waals surface area contributed by atoms with Gasteiger partial charge < -0.3 is 5.32 Å². The largest absolute Gasteiger partial charge is 0.354 e. The standard InChI is InChI=1S/C19H21N3O2S3/c23-16(20-7-9-25-11-13-4-3-8-26-13)10-22-12-21-18-17(19(22)24)14-5-1-2-6-15(14)27-18/h3-4,8,12H,1-2,5-7,9-11H2,(H,20,23). The summed E-state index contributed by atoms with van der Waals surface area (Å²) in [6.07, 6.45) is 5.80. The molecule has 0 bridgehead atoms. The molecule has 0 radical (unpaired) electrons. The van der Waals surface area contributed by atoms with Crippen molar-refractivity contribution >= 4 is 50.6 Å². The van der Waals surface area contributed by atoms with Gasteiger partial charge in [0.1, 0.15) is 11.4 Å². The number of rotatable bonds is 7. The number of carbonyl (C=O) groups is 1. The first kappa shape index (κ1) is 18.7. The Morgan fingerprint density at radius 3 is 3.07 bits per heavy atom. The van der Waals surface area contributed by atoms with Crippen LogP contribution in [0.3, 0.4) is 0 Å². The number of hydrogen-bond acceptors (Lipinski definition) is 6. The fourth-order valence-corrected chi connectivity index (χ4v) is 6.25. The summed E-state index contributed by atoms with van der Waals surface area (Å²) >= 11 is 5.18. The zero-order valence-electron chi connectivity index (χ0n) is 14.9. The minimum atomic E-state index is -0.140. The summed E-state index contributed by atoms with van der Waals surface area (Å²) in [7, 11) is 0. The van der Waals surface area contributed by atoms with Gasteiger partial charge in [-0.2, -0.15) is 11.8 Å². The van der Waals surface area contributed by atoms with Gasteiger partial charge in [-0.1, -0.05) is 6.07 Å². The van der Waals surface area contributed by atoms with Crippen molar-refractivity contribution in [3.05, 3.63) is 49.5 Å². The molecular weight excluding hydrogens is 398 g/mol. The first-order valence-electron chi connectivity index (χ1n) is 9.09. The number of carbonyl (C=O) groups excluding carboxylic acids is 1. The number of fused-ring (bicyclic) bond motifs is 3. The molecule has 0 spiro atoms. The van der Waals surface area contributed by atoms with Crippen molar-refractivity contribution in [3.63, 3.8) is 0 Å². The predicted molar refractivity (Wildman–Crippen MR) is 114 cm³/mol. The first-order valence-corrected chi connectivity index (χ1v) is 11.9. The van der Waals surface area contributed by atoms with Crippen molar-refractivity contribution in [2.24, 2.45) is 0 Å². The average Bonchev–Trinajstić information content (AvgIpc) is 3.31. The number of nitrogens with one attached hydrogen (secondary N) is 1. The molecule has 1 aliphatic carbocycles. The molecule has 1 aliphatic rings. The molecule has 0 saturated carbocycles. The summed E-state index contributed by atoms with van der Waals surface area (Å²) < 4.78 is 1.44. The van der Waals surface area contributed by atoms with Crippen LogP contribution < -0.4 is 10.9 Å². The molecular formula is C19H21N3O2S3. The molecule has 27 heavy (non-hydrogen) atoms. The Morgan fingerprint density at radius 2 is 2.22 bits per heavy atom. The van der Waals surface area contributed by atoms with Gasteiger partial charge in [0.05, 0.1) is 11.7 Å². The topological polar surface area (TPSA) is 64.0 Å². The zero-order chi connectivity index (χ0) is 18.6. The van der Waals surface area contributed by atoms with E-state index in [1.165, 1.54) is 32.6 Å². The van der Waals surface area contributed by atoms with Gasteiger partial charge in [-0.05, 0) is 42.7 Å². The van der Waals surface area contributed by atoms with Gasteiger partial charge in [0.15, 0.2) is 0 Å². The maximum atomic E-state index is 12.9. The van der Waals surface area contributed by atoms with E-state index in [1.54, 1.807) is 34.4 Å². The van der Waals surface area contributed by atoms with E-state index in [-0.39, 0.29) is 18.0 Å². The Morgan fingerprint density at radius 1 is 1.33 bits per heavy atom. The van der Waals surface area contributed by atoms with Gasteiger partial charge in [-0.3, -0.25) is 14.2 Å². The van der Waals surface area contributed by atoms with E-state index in [4.69, 9.17) is 0 Å². The molecule has 3 aromatic rings. The van der Waals surface area contributed by atoms with Crippen LogP contribution in [0.5, 0.6) is 0 Å². The summed E-state index contributed by atoms with van der Waals surface area (Å²) in [6.45, 7) is 0.634. The normalized spacial score (nSPS) is 13.6. The van der Waals surface area contributed by atoms with Crippen LogP contribution in [0, 0.1) is 0 Å². The smallest absolute Gasteiger partial charge is 0.262 e. The second-order valence-corrected chi connectivity index (χ2v) is 9.77. The quantitative estimate of drug-likeness (QED) is 0.596. The molecule has 0 fully saturated rings. The Labute approximate surface area is 169 Å². The van der Waals surface area contributed by atoms with Crippen LogP contribution in [0.15, 0.2) is 28.6 Å². The molecule has 0 unspecified atom stereocenters. The van der Waals surface area contributed by atoms with Crippen LogP contribution in [-0.4, -0.2) is 27.8 Å². The van der Waals surface area contributed by atoms with E-state index in [0.29, 0.717) is 6.54 Å². The summed E-state index contributed by atoms with van der Waals surface area (Å²) in [6, 6.07) is 4.17. The Kier molecular flexibility index (Phi) is 5.95. The molecule has 1 amide bonds. The number of amides is 1. The van der Waals surface area contributed by atoms with Gasteiger partial charge in [0.25, 0.3) is 5.56 Å². The number of nitrogens with zero attached hydrogens (tertiary/aromatic N) is 2. The maximum absolute atomic E-state index is 12.9. The van der Waals surface area contributed by atoms with E-state index in [9.17, 15) is 9.59 Å². The molecule has 0 aromatic carbocycles. The van der Waals surface area contributed by atoms with Crippen molar-refractivity contribution in [2.75, 3.05) is 12.3 Å². The fraction of sp³-hybridized carbons (Fsp3) is 0.421. The highest BCUT2D eigenvalue weighted by molar-refractivity contribution is 7.98. The minimum absolute atomic E-state index is 0.0297. The number of hydrogen-bond donors (Lipinski definition) is 1. The monoisotopic (exact) mass is 419 g/mol. The van der Waals surface area contributed by atoms with Gasteiger partial charge in [-0.25, -0.2) is 4.98 Å². The Bertz CT molecular complexity index is 992. The third-order valence-electron chi connectivity index (χ3n) is 4.65. The van der Waals surface area contributed by atoms with E-state index >= 15 is 0 Å². The van der Waals surface area contributed by atoms with Crippen molar-refractivity contribution in [1.82, 2.24) is 14.9 Å². The Hall–Kier alpha value is -1.64. The van der Waals surface area contributed by atoms with E-state index in [1.807, 2.05) is 0 Å². The highest BCUT2D eigenvalue weighted by Crippen LogP contribution is 2.33. The second kappa shape index (κ2) is 8.58. The highest BCUT2D eigenvalue weighted by Gasteiger charge is 2.20. The summed E-state index contributed by atoms with van der Waals surface area (Å²) in [5.74, 6) is 1.68. The lowest BCUT2D eigenvalue weighted by Crippen LogP contribution is -2.33. The lowest BCUT2D eigenvalue weighted by atomic mass is 9.97. The predicted octanol–water partition coefficient (Wildman–Crippen LogP) is 3.45. The molecule has 1 N–H and O–H groups in total. The van der Waals surface area contributed by atoms with Crippen LogP contribution in [0.2, 0.25) is 0 Å². The van der Waals surface area contributed by atoms with Gasteiger partial charge >= 0.3 is 0 Å². The van der Waals surface area contributed by atoms with E-state index in [0.717, 1.165) is 41.0 Å². The van der Waals surface area contributed by atoms with Crippen LogP contribution in [0.25, 0.3) is 10.2 Å². The average molecular weight is 420 g/mol. The molecule has 0 atom stereocenters. The summed E-state index contributed by atoms with van der Waals surface area (Å²) in [5, 5.41) is 5.71. The molecule has 3 heterocycles. The summed E-state index contributed by atoms with van der Waals surface area (Å²) in [5.41, 5.74) is 1.08. The maximum Gasteiger partial charge on any atom is 0.262 e. The minimum Gasteiger partial charge on any atom is -0.354 e. The molecule has 0 aliphatic heterocycles. The molecule has 4 rings (SSSR count). The van der Waals surface area contributed by atoms with Crippen molar-refractivity contribution in [2.45, 2.75) is 38.0 Å². The SMILES string of the molecule is O=C(Cn1cnc2sc3c(c2c1=O)CCCC3)NCCSCc1cccs1. The Balaban J connectivity index is 1.34. The zero-order valence-corrected chi connectivity index (χ0v) is 17.4. The van der Waals surface area contributed by atoms with Crippen LogP contribution in [0.1, 0.15) is 28.2 Å². The number of thioether (sulfide) groups is 1. The van der Waals surface area contributed by atoms with Crippen LogP contribution in [0.4, 0.5) is 0 Å². The third-order valence-corrected chi connectivity index (χ3v) is 7.92.